The molecule has 3 aromatic heterocycles. The van der Waals surface area contributed by atoms with Crippen LogP contribution in [0.2, 0.25) is 0 Å². The van der Waals surface area contributed by atoms with Gasteiger partial charge in [-0.15, -0.1) is 0 Å². The van der Waals surface area contributed by atoms with Crippen molar-refractivity contribution in [3.05, 3.63) is 66.7 Å². The smallest absolute Gasteiger partial charge is 0.262 e. The van der Waals surface area contributed by atoms with Gasteiger partial charge in [0.05, 0.1) is 24.6 Å². The molecule has 0 bridgehead atoms. The lowest BCUT2D eigenvalue weighted by Crippen LogP contribution is -2.25. The number of benzene rings is 1. The maximum absolute atomic E-state index is 6.35. The zero-order valence-corrected chi connectivity index (χ0v) is 17.6. The topological polar surface area (TPSA) is 99.3 Å². The number of nitrogens with zero attached hydrogens (tertiary/aromatic N) is 6. The molecular formula is C23H22N6O3. The molecule has 4 heterocycles. The van der Waals surface area contributed by atoms with Crippen LogP contribution in [0.3, 0.4) is 0 Å². The second-order valence-electron chi connectivity index (χ2n) is 7.44. The summed E-state index contributed by atoms with van der Waals surface area (Å²) in [5, 5.41) is 4.04. The number of methoxy groups -OCH3 is 1. The van der Waals surface area contributed by atoms with Crippen LogP contribution in [0.4, 0.5) is 0 Å². The SMILES string of the molecule is COc1cccc(CN2CCC(Oc3ccccc3-c3nc(-c4cnccn4)no3)C2)n1. The van der Waals surface area contributed by atoms with E-state index in [0.29, 0.717) is 29.0 Å². The summed E-state index contributed by atoms with van der Waals surface area (Å²) in [5.41, 5.74) is 2.29. The lowest BCUT2D eigenvalue weighted by atomic mass is 10.2. The average molecular weight is 430 g/mol. The van der Waals surface area contributed by atoms with Crippen molar-refractivity contribution in [3.8, 4) is 34.6 Å². The first kappa shape index (κ1) is 20.1. The second-order valence-corrected chi connectivity index (χ2v) is 7.44. The third-order valence-corrected chi connectivity index (χ3v) is 5.23. The molecule has 0 radical (unpaired) electrons. The van der Waals surface area contributed by atoms with Gasteiger partial charge in [0, 0.05) is 38.1 Å². The van der Waals surface area contributed by atoms with Crippen molar-refractivity contribution in [1.82, 2.24) is 30.0 Å². The summed E-state index contributed by atoms with van der Waals surface area (Å²) in [7, 11) is 1.63. The Morgan fingerprint density at radius 2 is 2.03 bits per heavy atom. The first-order valence-electron chi connectivity index (χ1n) is 10.4. The monoisotopic (exact) mass is 430 g/mol. The summed E-state index contributed by atoms with van der Waals surface area (Å²) in [5.74, 6) is 2.12. The maximum atomic E-state index is 6.35. The summed E-state index contributed by atoms with van der Waals surface area (Å²) in [4.78, 5) is 19.6. The standard InChI is InChI=1S/C23H22N6O3/c1-30-21-8-4-5-16(26-21)14-29-12-9-17(15-29)31-20-7-3-2-6-18(20)23-27-22(28-32-23)19-13-24-10-11-25-19/h2-8,10-11,13,17H,9,12,14-15H2,1H3. The Labute approximate surface area is 185 Å². The van der Waals surface area contributed by atoms with E-state index in [0.717, 1.165) is 37.3 Å². The van der Waals surface area contributed by atoms with Crippen LogP contribution in [0.15, 0.2) is 65.6 Å². The van der Waals surface area contributed by atoms with E-state index in [1.165, 1.54) is 0 Å². The van der Waals surface area contributed by atoms with Gasteiger partial charge in [0.1, 0.15) is 17.5 Å². The lowest BCUT2D eigenvalue weighted by molar-refractivity contribution is 0.198. The minimum Gasteiger partial charge on any atom is -0.488 e. The molecule has 5 rings (SSSR count). The van der Waals surface area contributed by atoms with Gasteiger partial charge in [0.25, 0.3) is 5.89 Å². The number of aromatic nitrogens is 5. The van der Waals surface area contributed by atoms with Gasteiger partial charge >= 0.3 is 0 Å². The van der Waals surface area contributed by atoms with E-state index in [9.17, 15) is 0 Å². The molecule has 32 heavy (non-hydrogen) atoms. The highest BCUT2D eigenvalue weighted by molar-refractivity contribution is 5.64. The zero-order chi connectivity index (χ0) is 21.8. The van der Waals surface area contributed by atoms with Crippen LogP contribution in [-0.4, -0.2) is 56.3 Å². The minimum absolute atomic E-state index is 0.0594. The Hall–Kier alpha value is -3.85. The van der Waals surface area contributed by atoms with Gasteiger partial charge < -0.3 is 14.0 Å². The van der Waals surface area contributed by atoms with Crippen molar-refractivity contribution >= 4 is 0 Å². The van der Waals surface area contributed by atoms with Crippen LogP contribution in [-0.2, 0) is 6.54 Å². The van der Waals surface area contributed by atoms with Crippen LogP contribution in [0.1, 0.15) is 12.1 Å². The van der Waals surface area contributed by atoms with E-state index < -0.39 is 0 Å². The number of pyridine rings is 1. The molecule has 0 amide bonds. The normalized spacial score (nSPS) is 16.2. The minimum atomic E-state index is 0.0594. The Kier molecular flexibility index (Phi) is 5.71. The van der Waals surface area contributed by atoms with E-state index in [1.807, 2.05) is 42.5 Å². The van der Waals surface area contributed by atoms with Crippen LogP contribution in [0.5, 0.6) is 11.6 Å². The molecule has 0 N–H and O–H groups in total. The fourth-order valence-corrected chi connectivity index (χ4v) is 3.70. The molecule has 9 nitrogen and oxygen atoms in total. The number of likely N-dealkylation sites (tertiary alicyclic amines) is 1. The molecule has 4 aromatic rings. The predicted molar refractivity (Wildman–Crippen MR) is 116 cm³/mol. The summed E-state index contributed by atoms with van der Waals surface area (Å²) in [6, 6.07) is 13.5. The Morgan fingerprint density at radius 1 is 1.09 bits per heavy atom. The first-order valence-corrected chi connectivity index (χ1v) is 10.4. The molecule has 1 atom stereocenters. The van der Waals surface area contributed by atoms with Gasteiger partial charge in [-0.05, 0) is 24.6 Å². The predicted octanol–water partition coefficient (Wildman–Crippen LogP) is 3.25. The molecule has 1 saturated heterocycles. The molecule has 162 valence electrons. The van der Waals surface area contributed by atoms with Crippen molar-refractivity contribution in [3.63, 3.8) is 0 Å². The molecule has 1 aromatic carbocycles. The highest BCUT2D eigenvalue weighted by Gasteiger charge is 2.26. The van der Waals surface area contributed by atoms with Crippen LogP contribution < -0.4 is 9.47 Å². The summed E-state index contributed by atoms with van der Waals surface area (Å²) in [6.45, 7) is 2.49. The quantitative estimate of drug-likeness (QED) is 0.437. The van der Waals surface area contributed by atoms with Crippen LogP contribution in [0, 0.1) is 0 Å². The van der Waals surface area contributed by atoms with Crippen molar-refractivity contribution in [2.45, 2.75) is 19.1 Å². The van der Waals surface area contributed by atoms with Crippen LogP contribution in [0.25, 0.3) is 23.0 Å². The number of hydrogen-bond donors (Lipinski definition) is 0. The van der Waals surface area contributed by atoms with E-state index >= 15 is 0 Å². The maximum Gasteiger partial charge on any atom is 0.262 e. The molecule has 1 aliphatic rings. The van der Waals surface area contributed by atoms with E-state index in [4.69, 9.17) is 14.0 Å². The van der Waals surface area contributed by atoms with Gasteiger partial charge in [-0.25, -0.2) is 9.97 Å². The molecule has 1 unspecified atom stereocenters. The van der Waals surface area contributed by atoms with Gasteiger partial charge in [0.2, 0.25) is 11.7 Å². The van der Waals surface area contributed by atoms with Crippen LogP contribution >= 0.6 is 0 Å². The summed E-state index contributed by atoms with van der Waals surface area (Å²) >= 11 is 0. The molecule has 0 saturated carbocycles. The zero-order valence-electron chi connectivity index (χ0n) is 17.6. The van der Waals surface area contributed by atoms with E-state index in [1.54, 1.807) is 25.7 Å². The van der Waals surface area contributed by atoms with Crippen molar-refractivity contribution < 1.29 is 14.0 Å². The van der Waals surface area contributed by atoms with Gasteiger partial charge in [0.15, 0.2) is 0 Å². The molecule has 0 spiro atoms. The number of hydrogen-bond acceptors (Lipinski definition) is 9. The number of rotatable bonds is 7. The highest BCUT2D eigenvalue weighted by Crippen LogP contribution is 2.31. The third-order valence-electron chi connectivity index (χ3n) is 5.23. The van der Waals surface area contributed by atoms with Gasteiger partial charge in [-0.3, -0.25) is 9.88 Å². The number of ether oxygens (including phenoxy) is 2. The van der Waals surface area contributed by atoms with Gasteiger partial charge in [-0.1, -0.05) is 23.4 Å². The van der Waals surface area contributed by atoms with Crippen molar-refractivity contribution in [1.29, 1.82) is 0 Å². The fraction of sp³-hybridized carbons (Fsp3) is 0.261. The third kappa shape index (κ3) is 4.42. The first-order chi connectivity index (χ1) is 15.8. The average Bonchev–Trinajstić information content (AvgIpc) is 3.50. The Morgan fingerprint density at radius 3 is 2.91 bits per heavy atom. The van der Waals surface area contributed by atoms with Gasteiger partial charge in [-0.2, -0.15) is 4.98 Å². The van der Waals surface area contributed by atoms with E-state index in [2.05, 4.69) is 30.0 Å². The lowest BCUT2D eigenvalue weighted by Gasteiger charge is -2.17. The second kappa shape index (κ2) is 9.11. The fourth-order valence-electron chi connectivity index (χ4n) is 3.70. The molecule has 0 aliphatic carbocycles. The molecule has 1 aliphatic heterocycles. The highest BCUT2D eigenvalue weighted by atomic mass is 16.5. The van der Waals surface area contributed by atoms with Crippen molar-refractivity contribution in [2.75, 3.05) is 20.2 Å². The number of para-hydroxylation sites is 1. The molecular weight excluding hydrogens is 408 g/mol. The summed E-state index contributed by atoms with van der Waals surface area (Å²) in [6.07, 6.45) is 5.77. The Balaban J connectivity index is 1.27. The molecule has 1 fully saturated rings. The molecule has 9 heteroatoms. The van der Waals surface area contributed by atoms with E-state index in [-0.39, 0.29) is 6.10 Å². The summed E-state index contributed by atoms with van der Waals surface area (Å²) < 4.78 is 17.1. The largest absolute Gasteiger partial charge is 0.488 e. The Bertz CT molecular complexity index is 1180. The van der Waals surface area contributed by atoms with Crippen molar-refractivity contribution in [2.24, 2.45) is 0 Å².